The highest BCUT2D eigenvalue weighted by molar-refractivity contribution is 5.20. The van der Waals surface area contributed by atoms with Crippen LogP contribution >= 0.6 is 0 Å². The second-order valence-electron chi connectivity index (χ2n) is 3.90. The predicted octanol–water partition coefficient (Wildman–Crippen LogP) is 1.66. The number of aromatic nitrogens is 2. The Balaban J connectivity index is 1.77. The molecular weight excluding hydrogens is 216 g/mol. The average Bonchev–Trinajstić information content (AvgIpc) is 2.67. The molecule has 2 aromatic rings. The molecule has 0 fully saturated rings. The van der Waals surface area contributed by atoms with Gasteiger partial charge in [-0.1, -0.05) is 18.2 Å². The molecule has 0 aliphatic heterocycles. The van der Waals surface area contributed by atoms with Gasteiger partial charge in [0, 0.05) is 26.0 Å². The van der Waals surface area contributed by atoms with Crippen LogP contribution in [0.3, 0.4) is 0 Å². The van der Waals surface area contributed by atoms with Gasteiger partial charge in [0.05, 0.1) is 6.61 Å². The molecule has 1 heterocycles. The van der Waals surface area contributed by atoms with Crippen molar-refractivity contribution < 1.29 is 4.74 Å². The second-order valence-corrected chi connectivity index (χ2v) is 3.90. The molecule has 0 saturated heterocycles. The summed E-state index contributed by atoms with van der Waals surface area (Å²) in [4.78, 5) is 11.5. The molecule has 1 aromatic heterocycles. The topological polar surface area (TPSA) is 36.2 Å². The molecule has 90 valence electrons. The molecule has 1 aromatic carbocycles. The summed E-state index contributed by atoms with van der Waals surface area (Å²) in [7, 11) is 1.75. The maximum Gasteiger partial charge on any atom is 0.327 e. The lowest BCUT2D eigenvalue weighted by Crippen LogP contribution is -2.22. The van der Waals surface area contributed by atoms with E-state index in [1.54, 1.807) is 28.6 Å². The van der Waals surface area contributed by atoms with Gasteiger partial charge in [0.2, 0.25) is 0 Å². The Kier molecular flexibility index (Phi) is 3.65. The molecular formula is C13H16N2O2. The van der Waals surface area contributed by atoms with Gasteiger partial charge < -0.3 is 9.30 Å². The van der Waals surface area contributed by atoms with Crippen LogP contribution in [0.1, 0.15) is 6.42 Å². The van der Waals surface area contributed by atoms with Crippen molar-refractivity contribution in [3.63, 3.8) is 0 Å². The SMILES string of the molecule is Cn1ccn(CCCOc2ccccc2)c1=O. The smallest absolute Gasteiger partial charge is 0.327 e. The predicted molar refractivity (Wildman–Crippen MR) is 66.2 cm³/mol. The van der Waals surface area contributed by atoms with E-state index in [2.05, 4.69) is 0 Å². The lowest BCUT2D eigenvalue weighted by molar-refractivity contribution is 0.301. The number of hydrogen-bond acceptors (Lipinski definition) is 2. The zero-order valence-corrected chi connectivity index (χ0v) is 9.87. The quantitative estimate of drug-likeness (QED) is 0.735. The monoisotopic (exact) mass is 232 g/mol. The van der Waals surface area contributed by atoms with Gasteiger partial charge in [-0.25, -0.2) is 4.79 Å². The van der Waals surface area contributed by atoms with Crippen molar-refractivity contribution in [2.75, 3.05) is 6.61 Å². The molecule has 2 rings (SSSR count). The zero-order chi connectivity index (χ0) is 12.1. The maximum atomic E-state index is 11.5. The third-order valence-electron chi connectivity index (χ3n) is 2.57. The Hall–Kier alpha value is -1.97. The fourth-order valence-corrected chi connectivity index (χ4v) is 1.62. The van der Waals surface area contributed by atoms with Gasteiger partial charge in [0.15, 0.2) is 0 Å². The maximum absolute atomic E-state index is 11.5. The molecule has 0 aliphatic carbocycles. The van der Waals surface area contributed by atoms with Gasteiger partial charge in [-0.3, -0.25) is 4.57 Å². The van der Waals surface area contributed by atoms with Crippen LogP contribution in [0.4, 0.5) is 0 Å². The van der Waals surface area contributed by atoms with E-state index in [0.717, 1.165) is 12.2 Å². The van der Waals surface area contributed by atoms with Crippen LogP contribution in [-0.2, 0) is 13.6 Å². The minimum absolute atomic E-state index is 0.0183. The Morgan fingerprint density at radius 2 is 1.94 bits per heavy atom. The molecule has 0 bridgehead atoms. The van der Waals surface area contributed by atoms with Crippen molar-refractivity contribution in [1.29, 1.82) is 0 Å². The highest BCUT2D eigenvalue weighted by atomic mass is 16.5. The molecule has 0 N–H and O–H groups in total. The van der Waals surface area contributed by atoms with Gasteiger partial charge in [0.25, 0.3) is 0 Å². The third kappa shape index (κ3) is 3.00. The first kappa shape index (κ1) is 11.5. The lowest BCUT2D eigenvalue weighted by Gasteiger charge is -2.05. The number of rotatable bonds is 5. The van der Waals surface area contributed by atoms with Crippen LogP contribution in [0.5, 0.6) is 5.75 Å². The summed E-state index contributed by atoms with van der Waals surface area (Å²) in [6.45, 7) is 1.30. The van der Waals surface area contributed by atoms with Crippen LogP contribution in [0.15, 0.2) is 47.5 Å². The van der Waals surface area contributed by atoms with Crippen LogP contribution in [0, 0.1) is 0 Å². The fourth-order valence-electron chi connectivity index (χ4n) is 1.62. The molecule has 4 heteroatoms. The lowest BCUT2D eigenvalue weighted by atomic mass is 10.3. The van der Waals surface area contributed by atoms with Crippen molar-refractivity contribution >= 4 is 0 Å². The number of ether oxygens (including phenoxy) is 1. The van der Waals surface area contributed by atoms with Gasteiger partial charge in [-0.15, -0.1) is 0 Å². The van der Waals surface area contributed by atoms with Crippen LogP contribution < -0.4 is 10.4 Å². The number of para-hydroxylation sites is 1. The molecule has 0 atom stereocenters. The van der Waals surface area contributed by atoms with Crippen LogP contribution in [-0.4, -0.2) is 15.7 Å². The Morgan fingerprint density at radius 1 is 1.18 bits per heavy atom. The van der Waals surface area contributed by atoms with Gasteiger partial charge >= 0.3 is 5.69 Å². The molecule has 0 amide bonds. The fraction of sp³-hybridized carbons (Fsp3) is 0.308. The molecule has 0 spiro atoms. The first-order valence-electron chi connectivity index (χ1n) is 5.67. The Labute approximate surface area is 100 Å². The van der Waals surface area contributed by atoms with Gasteiger partial charge in [0.1, 0.15) is 5.75 Å². The van der Waals surface area contributed by atoms with E-state index in [4.69, 9.17) is 4.74 Å². The molecule has 0 unspecified atom stereocenters. The summed E-state index contributed by atoms with van der Waals surface area (Å²) < 4.78 is 8.81. The molecule has 0 saturated carbocycles. The summed E-state index contributed by atoms with van der Waals surface area (Å²) in [5.74, 6) is 0.868. The first-order chi connectivity index (χ1) is 8.27. The van der Waals surface area contributed by atoms with Crippen molar-refractivity contribution in [1.82, 2.24) is 9.13 Å². The minimum Gasteiger partial charge on any atom is -0.494 e. The van der Waals surface area contributed by atoms with Gasteiger partial charge in [-0.2, -0.15) is 0 Å². The number of nitrogens with zero attached hydrogens (tertiary/aromatic N) is 2. The van der Waals surface area contributed by atoms with E-state index >= 15 is 0 Å². The molecule has 0 aliphatic rings. The number of benzene rings is 1. The van der Waals surface area contributed by atoms with E-state index in [1.807, 2.05) is 30.3 Å². The Bertz CT molecular complexity index is 514. The summed E-state index contributed by atoms with van der Waals surface area (Å²) >= 11 is 0. The standard InChI is InChI=1S/C13H16N2O2/c1-14-9-10-15(13(14)16)8-5-11-17-12-6-3-2-4-7-12/h2-4,6-7,9-10H,5,8,11H2,1H3. The zero-order valence-electron chi connectivity index (χ0n) is 9.87. The van der Waals surface area contributed by atoms with Gasteiger partial charge in [-0.05, 0) is 18.6 Å². The van der Waals surface area contributed by atoms with E-state index in [9.17, 15) is 4.79 Å². The summed E-state index contributed by atoms with van der Waals surface area (Å²) in [5, 5.41) is 0. The largest absolute Gasteiger partial charge is 0.494 e. The summed E-state index contributed by atoms with van der Waals surface area (Å²) in [6, 6.07) is 9.69. The number of imidazole rings is 1. The molecule has 17 heavy (non-hydrogen) atoms. The Morgan fingerprint density at radius 3 is 2.59 bits per heavy atom. The van der Waals surface area contributed by atoms with Crippen molar-refractivity contribution in [2.45, 2.75) is 13.0 Å². The summed E-state index contributed by atoms with van der Waals surface area (Å²) in [5.41, 5.74) is 0.0183. The molecule has 4 nitrogen and oxygen atoms in total. The minimum atomic E-state index is 0.0183. The molecule has 0 radical (unpaired) electrons. The normalized spacial score (nSPS) is 10.4. The highest BCUT2D eigenvalue weighted by Crippen LogP contribution is 2.08. The first-order valence-corrected chi connectivity index (χ1v) is 5.67. The number of aryl methyl sites for hydroxylation is 2. The van der Waals surface area contributed by atoms with Crippen LogP contribution in [0.2, 0.25) is 0 Å². The van der Waals surface area contributed by atoms with Crippen LogP contribution in [0.25, 0.3) is 0 Å². The second kappa shape index (κ2) is 5.39. The summed E-state index contributed by atoms with van der Waals surface area (Å²) in [6.07, 6.45) is 4.38. The van der Waals surface area contributed by atoms with Crippen molar-refractivity contribution in [3.05, 3.63) is 53.2 Å². The van der Waals surface area contributed by atoms with Crippen molar-refractivity contribution in [3.8, 4) is 5.75 Å². The van der Waals surface area contributed by atoms with Crippen molar-refractivity contribution in [2.24, 2.45) is 7.05 Å². The average molecular weight is 232 g/mol. The number of hydrogen-bond donors (Lipinski definition) is 0. The van der Waals surface area contributed by atoms with E-state index in [0.29, 0.717) is 13.2 Å². The van der Waals surface area contributed by atoms with E-state index < -0.39 is 0 Å². The van der Waals surface area contributed by atoms with E-state index in [1.165, 1.54) is 0 Å². The third-order valence-corrected chi connectivity index (χ3v) is 2.57. The van der Waals surface area contributed by atoms with E-state index in [-0.39, 0.29) is 5.69 Å². The highest BCUT2D eigenvalue weighted by Gasteiger charge is 1.99.